The molecule has 0 N–H and O–H groups in total. The number of rotatable bonds is 4. The third kappa shape index (κ3) is 4.03. The number of carbonyl (C=O) groups excluding carboxylic acids is 1. The maximum atomic E-state index is 12.2. The second-order valence-corrected chi connectivity index (χ2v) is 5.85. The molecule has 0 saturated heterocycles. The highest BCUT2D eigenvalue weighted by Gasteiger charge is 2.07. The van der Waals surface area contributed by atoms with Gasteiger partial charge >= 0.3 is 0 Å². The molecule has 2 aromatic rings. The Morgan fingerprint density at radius 2 is 1.74 bits per heavy atom. The maximum Gasteiger partial charge on any atom is 0.163 e. The van der Waals surface area contributed by atoms with Gasteiger partial charge in [-0.2, -0.15) is 0 Å². The van der Waals surface area contributed by atoms with E-state index in [0.29, 0.717) is 6.42 Å². The van der Waals surface area contributed by atoms with Crippen molar-refractivity contribution in [2.24, 2.45) is 0 Å². The van der Waals surface area contributed by atoms with Crippen LogP contribution >= 0.6 is 15.9 Å². The summed E-state index contributed by atoms with van der Waals surface area (Å²) in [5.41, 5.74) is 4.30. The number of benzene rings is 2. The summed E-state index contributed by atoms with van der Waals surface area (Å²) in [7, 11) is 0. The van der Waals surface area contributed by atoms with Crippen LogP contribution in [-0.4, -0.2) is 5.78 Å². The van der Waals surface area contributed by atoms with Crippen molar-refractivity contribution in [2.75, 3.05) is 0 Å². The molecule has 0 atom stereocenters. The minimum atomic E-state index is 0.215. The van der Waals surface area contributed by atoms with Gasteiger partial charge in [-0.3, -0.25) is 4.79 Å². The lowest BCUT2D eigenvalue weighted by molar-refractivity contribution is 0.0982. The second-order valence-electron chi connectivity index (χ2n) is 4.93. The number of hydrogen-bond donors (Lipinski definition) is 0. The highest BCUT2D eigenvalue weighted by atomic mass is 79.9. The van der Waals surface area contributed by atoms with Crippen molar-refractivity contribution in [1.29, 1.82) is 0 Å². The predicted molar refractivity (Wildman–Crippen MR) is 82.7 cm³/mol. The molecular weight excluding hydrogens is 300 g/mol. The summed E-state index contributed by atoms with van der Waals surface area (Å²) in [5.74, 6) is 0.215. The minimum Gasteiger partial charge on any atom is -0.294 e. The summed E-state index contributed by atoms with van der Waals surface area (Å²) >= 11 is 3.45. The molecule has 2 rings (SSSR count). The van der Waals surface area contributed by atoms with Gasteiger partial charge in [-0.05, 0) is 50.1 Å². The van der Waals surface area contributed by atoms with Gasteiger partial charge < -0.3 is 0 Å². The zero-order valence-corrected chi connectivity index (χ0v) is 12.8. The third-order valence-electron chi connectivity index (χ3n) is 3.07. The first-order valence-electron chi connectivity index (χ1n) is 6.40. The van der Waals surface area contributed by atoms with Gasteiger partial charge in [0.05, 0.1) is 0 Å². The van der Waals surface area contributed by atoms with Gasteiger partial charge in [0.1, 0.15) is 0 Å². The van der Waals surface area contributed by atoms with E-state index in [1.54, 1.807) is 0 Å². The molecule has 0 unspecified atom stereocenters. The van der Waals surface area contributed by atoms with Gasteiger partial charge in [0.15, 0.2) is 5.78 Å². The number of carbonyl (C=O) groups is 1. The van der Waals surface area contributed by atoms with Crippen LogP contribution in [-0.2, 0) is 6.42 Å². The maximum absolute atomic E-state index is 12.2. The molecule has 0 aliphatic rings. The van der Waals surface area contributed by atoms with Crippen LogP contribution in [0.4, 0.5) is 0 Å². The zero-order valence-electron chi connectivity index (χ0n) is 11.2. The smallest absolute Gasteiger partial charge is 0.163 e. The lowest BCUT2D eigenvalue weighted by Crippen LogP contribution is -2.02. The van der Waals surface area contributed by atoms with E-state index in [-0.39, 0.29) is 5.78 Å². The Kier molecular flexibility index (Phi) is 4.54. The molecule has 0 aromatic heterocycles. The average molecular weight is 317 g/mol. The fourth-order valence-corrected chi connectivity index (χ4v) is 2.68. The minimum absolute atomic E-state index is 0.215. The predicted octanol–water partition coefficient (Wildman–Crippen LogP) is 4.88. The number of Topliss-reactive ketones (excluding diaryl/α,β-unsaturated/α-hetero) is 1. The molecule has 0 heterocycles. The van der Waals surface area contributed by atoms with Crippen LogP contribution in [0, 0.1) is 13.8 Å². The van der Waals surface area contributed by atoms with Crippen LogP contribution in [0.1, 0.15) is 33.5 Å². The number of ketones is 1. The lowest BCUT2D eigenvalue weighted by Gasteiger charge is -2.05. The van der Waals surface area contributed by atoms with Gasteiger partial charge in [0.2, 0.25) is 0 Å². The highest BCUT2D eigenvalue weighted by molar-refractivity contribution is 9.10. The molecule has 19 heavy (non-hydrogen) atoms. The first-order valence-corrected chi connectivity index (χ1v) is 7.20. The quantitative estimate of drug-likeness (QED) is 0.734. The van der Waals surface area contributed by atoms with Crippen molar-refractivity contribution in [1.82, 2.24) is 0 Å². The third-order valence-corrected chi connectivity index (χ3v) is 3.57. The van der Waals surface area contributed by atoms with E-state index in [1.807, 2.05) is 38.1 Å². The molecule has 2 aromatic carbocycles. The number of aryl methyl sites for hydroxylation is 3. The van der Waals surface area contributed by atoms with Crippen LogP contribution in [0.2, 0.25) is 0 Å². The Labute approximate surface area is 122 Å². The molecule has 98 valence electrons. The molecule has 1 nitrogen and oxygen atoms in total. The van der Waals surface area contributed by atoms with Crippen molar-refractivity contribution in [2.45, 2.75) is 26.7 Å². The zero-order chi connectivity index (χ0) is 13.8. The summed E-state index contributed by atoms with van der Waals surface area (Å²) in [6, 6.07) is 14.1. The summed E-state index contributed by atoms with van der Waals surface area (Å²) in [6.07, 6.45) is 1.34. The average Bonchev–Trinajstić information content (AvgIpc) is 2.35. The molecule has 0 fully saturated rings. The molecule has 0 saturated carbocycles. The molecule has 0 aliphatic heterocycles. The first-order chi connectivity index (χ1) is 9.04. The van der Waals surface area contributed by atoms with Gasteiger partial charge in [-0.25, -0.2) is 0 Å². The van der Waals surface area contributed by atoms with Crippen molar-refractivity contribution >= 4 is 21.7 Å². The molecule has 0 radical (unpaired) electrons. The molecular formula is C17H17BrO. The topological polar surface area (TPSA) is 17.1 Å². The van der Waals surface area contributed by atoms with E-state index in [9.17, 15) is 4.79 Å². The van der Waals surface area contributed by atoms with Crippen molar-refractivity contribution in [3.05, 3.63) is 69.2 Å². The SMILES string of the molecule is Cc1cc(C)cc(C(=O)CCc2cccc(Br)c2)c1. The standard InChI is InChI=1S/C17H17BrO/c1-12-8-13(2)10-15(9-12)17(19)7-6-14-4-3-5-16(18)11-14/h3-5,8-11H,6-7H2,1-2H3. The lowest BCUT2D eigenvalue weighted by atomic mass is 9.99. The first kappa shape index (κ1) is 14.0. The van der Waals surface area contributed by atoms with Crippen LogP contribution < -0.4 is 0 Å². The Hall–Kier alpha value is -1.41. The fourth-order valence-electron chi connectivity index (χ4n) is 2.23. The van der Waals surface area contributed by atoms with E-state index in [4.69, 9.17) is 0 Å². The number of hydrogen-bond acceptors (Lipinski definition) is 1. The van der Waals surface area contributed by atoms with E-state index in [1.165, 1.54) is 5.56 Å². The molecule has 0 aliphatic carbocycles. The van der Waals surface area contributed by atoms with Crippen molar-refractivity contribution in [3.63, 3.8) is 0 Å². The summed E-state index contributed by atoms with van der Waals surface area (Å²) in [4.78, 5) is 12.2. The second kappa shape index (κ2) is 6.16. The largest absolute Gasteiger partial charge is 0.294 e. The Morgan fingerprint density at radius 3 is 2.37 bits per heavy atom. The molecule has 0 bridgehead atoms. The Bertz CT molecular complexity index is 582. The molecule has 0 spiro atoms. The Morgan fingerprint density at radius 1 is 1.05 bits per heavy atom. The fraction of sp³-hybridized carbons (Fsp3) is 0.235. The van der Waals surface area contributed by atoms with Gasteiger partial charge in [-0.15, -0.1) is 0 Å². The van der Waals surface area contributed by atoms with Crippen LogP contribution in [0.15, 0.2) is 46.9 Å². The summed E-state index contributed by atoms with van der Waals surface area (Å²) in [6.45, 7) is 4.05. The van der Waals surface area contributed by atoms with E-state index in [2.05, 4.69) is 34.1 Å². The number of halogens is 1. The van der Waals surface area contributed by atoms with Gasteiger partial charge in [-0.1, -0.05) is 45.3 Å². The van der Waals surface area contributed by atoms with Gasteiger partial charge in [0.25, 0.3) is 0 Å². The molecule has 0 amide bonds. The monoisotopic (exact) mass is 316 g/mol. The van der Waals surface area contributed by atoms with Crippen LogP contribution in [0.25, 0.3) is 0 Å². The van der Waals surface area contributed by atoms with Crippen molar-refractivity contribution in [3.8, 4) is 0 Å². The normalized spacial score (nSPS) is 10.5. The van der Waals surface area contributed by atoms with E-state index in [0.717, 1.165) is 27.6 Å². The van der Waals surface area contributed by atoms with Crippen LogP contribution in [0.5, 0.6) is 0 Å². The van der Waals surface area contributed by atoms with Crippen LogP contribution in [0.3, 0.4) is 0 Å². The summed E-state index contributed by atoms with van der Waals surface area (Å²) < 4.78 is 1.06. The van der Waals surface area contributed by atoms with E-state index >= 15 is 0 Å². The Balaban J connectivity index is 2.05. The van der Waals surface area contributed by atoms with Crippen molar-refractivity contribution < 1.29 is 4.79 Å². The summed E-state index contributed by atoms with van der Waals surface area (Å²) in [5, 5.41) is 0. The van der Waals surface area contributed by atoms with Gasteiger partial charge in [0, 0.05) is 16.5 Å². The molecule has 2 heteroatoms. The van der Waals surface area contributed by atoms with E-state index < -0.39 is 0 Å². The highest BCUT2D eigenvalue weighted by Crippen LogP contribution is 2.15.